The van der Waals surface area contributed by atoms with E-state index in [-0.39, 0.29) is 17.7 Å². The molecular formula is C21H35N5O3. The molecule has 8 heteroatoms. The maximum absolute atomic E-state index is 12.1. The third-order valence-electron chi connectivity index (χ3n) is 4.94. The van der Waals surface area contributed by atoms with Crippen LogP contribution in [0.1, 0.15) is 56.2 Å². The molecule has 162 valence electrons. The van der Waals surface area contributed by atoms with Gasteiger partial charge < -0.3 is 25.3 Å². The summed E-state index contributed by atoms with van der Waals surface area (Å²) in [5.41, 5.74) is 0.834. The molecule has 1 aromatic heterocycles. The second-order valence-corrected chi connectivity index (χ2v) is 7.70. The molecule has 3 N–H and O–H groups in total. The van der Waals surface area contributed by atoms with Crippen LogP contribution in [-0.4, -0.2) is 61.4 Å². The third kappa shape index (κ3) is 7.11. The standard InChI is InChI=1S/C21H35N5O3/c1-5-22-21(25-17-7-12-26(13-8-17)20(28)15(2)3)24-11-6-10-23-19(27)18-16(4)9-14-29-18/h9,14-15,17H,5-8,10-13H2,1-4H3,(H,23,27)(H2,22,24,25). The highest BCUT2D eigenvalue weighted by Crippen LogP contribution is 2.13. The molecule has 0 atom stereocenters. The average Bonchev–Trinajstić information content (AvgIpc) is 3.13. The predicted molar refractivity (Wildman–Crippen MR) is 114 cm³/mol. The Bertz CT molecular complexity index is 690. The van der Waals surface area contributed by atoms with Crippen LogP contribution in [0, 0.1) is 12.8 Å². The van der Waals surface area contributed by atoms with E-state index in [9.17, 15) is 9.59 Å². The molecule has 0 radical (unpaired) electrons. The van der Waals surface area contributed by atoms with Gasteiger partial charge in [-0.3, -0.25) is 14.6 Å². The Morgan fingerprint density at radius 3 is 2.59 bits per heavy atom. The first-order chi connectivity index (χ1) is 13.9. The number of hydrogen-bond donors (Lipinski definition) is 3. The molecule has 8 nitrogen and oxygen atoms in total. The van der Waals surface area contributed by atoms with Crippen LogP contribution >= 0.6 is 0 Å². The van der Waals surface area contributed by atoms with Gasteiger partial charge >= 0.3 is 0 Å². The molecule has 0 aliphatic carbocycles. The van der Waals surface area contributed by atoms with Crippen molar-refractivity contribution < 1.29 is 14.0 Å². The molecule has 1 aliphatic heterocycles. The van der Waals surface area contributed by atoms with Crippen molar-refractivity contribution in [3.05, 3.63) is 23.7 Å². The molecule has 2 rings (SSSR count). The van der Waals surface area contributed by atoms with Crippen LogP contribution in [0.25, 0.3) is 0 Å². The maximum atomic E-state index is 12.1. The number of guanidine groups is 1. The van der Waals surface area contributed by atoms with E-state index in [0.29, 0.717) is 24.9 Å². The monoisotopic (exact) mass is 405 g/mol. The molecule has 0 spiro atoms. The molecule has 29 heavy (non-hydrogen) atoms. The van der Waals surface area contributed by atoms with Crippen LogP contribution in [0.5, 0.6) is 0 Å². The van der Waals surface area contributed by atoms with E-state index in [1.54, 1.807) is 6.07 Å². The number of likely N-dealkylation sites (tertiary alicyclic amines) is 1. The molecule has 1 aromatic rings. The fourth-order valence-corrected chi connectivity index (χ4v) is 3.28. The molecule has 1 saturated heterocycles. The number of carbonyl (C=O) groups excluding carboxylic acids is 2. The van der Waals surface area contributed by atoms with Crippen LogP contribution in [0.2, 0.25) is 0 Å². The van der Waals surface area contributed by atoms with Crippen molar-refractivity contribution in [2.24, 2.45) is 10.9 Å². The van der Waals surface area contributed by atoms with Crippen LogP contribution in [-0.2, 0) is 4.79 Å². The van der Waals surface area contributed by atoms with E-state index in [1.807, 2.05) is 32.6 Å². The summed E-state index contributed by atoms with van der Waals surface area (Å²) in [5.74, 6) is 1.25. The number of aliphatic imine (C=N–C) groups is 1. The zero-order chi connectivity index (χ0) is 21.2. The maximum Gasteiger partial charge on any atom is 0.287 e. The van der Waals surface area contributed by atoms with Crippen molar-refractivity contribution in [2.45, 2.75) is 53.0 Å². The van der Waals surface area contributed by atoms with Crippen LogP contribution in [0.3, 0.4) is 0 Å². The molecular weight excluding hydrogens is 370 g/mol. The summed E-state index contributed by atoms with van der Waals surface area (Å²) in [7, 11) is 0. The highest BCUT2D eigenvalue weighted by atomic mass is 16.3. The summed E-state index contributed by atoms with van der Waals surface area (Å²) in [6.45, 7) is 11.3. The van der Waals surface area contributed by atoms with Crippen molar-refractivity contribution in [1.29, 1.82) is 0 Å². The second-order valence-electron chi connectivity index (χ2n) is 7.70. The summed E-state index contributed by atoms with van der Waals surface area (Å²) in [4.78, 5) is 30.7. The lowest BCUT2D eigenvalue weighted by Crippen LogP contribution is -2.50. The van der Waals surface area contributed by atoms with Crippen molar-refractivity contribution in [2.75, 3.05) is 32.7 Å². The van der Waals surface area contributed by atoms with E-state index < -0.39 is 0 Å². The highest BCUT2D eigenvalue weighted by molar-refractivity contribution is 5.92. The fourth-order valence-electron chi connectivity index (χ4n) is 3.28. The number of nitrogens with zero attached hydrogens (tertiary/aromatic N) is 2. The lowest BCUT2D eigenvalue weighted by Gasteiger charge is -2.34. The van der Waals surface area contributed by atoms with Gasteiger partial charge in [-0.1, -0.05) is 13.8 Å². The topological polar surface area (TPSA) is 99.0 Å². The molecule has 2 amide bonds. The van der Waals surface area contributed by atoms with Gasteiger partial charge in [0.2, 0.25) is 5.91 Å². The molecule has 1 fully saturated rings. The van der Waals surface area contributed by atoms with Crippen molar-refractivity contribution in [1.82, 2.24) is 20.9 Å². The Hall–Kier alpha value is -2.51. The summed E-state index contributed by atoms with van der Waals surface area (Å²) < 4.78 is 5.19. The number of hydrogen-bond acceptors (Lipinski definition) is 4. The van der Waals surface area contributed by atoms with Crippen molar-refractivity contribution in [3.63, 3.8) is 0 Å². The van der Waals surface area contributed by atoms with Gasteiger partial charge in [0.1, 0.15) is 0 Å². The zero-order valence-electron chi connectivity index (χ0n) is 18.1. The quantitative estimate of drug-likeness (QED) is 0.349. The molecule has 2 heterocycles. The molecule has 0 aromatic carbocycles. The number of amides is 2. The Morgan fingerprint density at radius 1 is 1.28 bits per heavy atom. The SMILES string of the molecule is CCNC(=NCCCNC(=O)c1occc1C)NC1CCN(C(=O)C(C)C)CC1. The minimum Gasteiger partial charge on any atom is -0.459 e. The van der Waals surface area contributed by atoms with E-state index in [2.05, 4.69) is 20.9 Å². The fraction of sp³-hybridized carbons (Fsp3) is 0.667. The van der Waals surface area contributed by atoms with E-state index in [4.69, 9.17) is 4.42 Å². The Kier molecular flexibility index (Phi) is 9.02. The lowest BCUT2D eigenvalue weighted by atomic mass is 10.0. The second kappa shape index (κ2) is 11.5. The minimum absolute atomic E-state index is 0.0515. The van der Waals surface area contributed by atoms with E-state index in [0.717, 1.165) is 50.4 Å². The van der Waals surface area contributed by atoms with Gasteiger partial charge in [0.25, 0.3) is 5.91 Å². The minimum atomic E-state index is -0.191. The summed E-state index contributed by atoms with van der Waals surface area (Å²) in [5, 5.41) is 9.60. The lowest BCUT2D eigenvalue weighted by molar-refractivity contribution is -0.135. The number of rotatable bonds is 8. The molecule has 0 bridgehead atoms. The summed E-state index contributed by atoms with van der Waals surface area (Å²) in [6, 6.07) is 2.09. The van der Waals surface area contributed by atoms with E-state index in [1.165, 1.54) is 6.26 Å². The Morgan fingerprint density at radius 2 is 2.00 bits per heavy atom. The first kappa shape index (κ1) is 22.8. The van der Waals surface area contributed by atoms with Gasteiger partial charge in [-0.15, -0.1) is 0 Å². The number of nitrogens with one attached hydrogen (secondary N) is 3. The highest BCUT2D eigenvalue weighted by Gasteiger charge is 2.24. The van der Waals surface area contributed by atoms with Crippen molar-refractivity contribution in [3.8, 4) is 0 Å². The normalized spacial score (nSPS) is 15.5. The third-order valence-corrected chi connectivity index (χ3v) is 4.94. The molecule has 1 aliphatic rings. The summed E-state index contributed by atoms with van der Waals surface area (Å²) in [6.07, 6.45) is 4.10. The summed E-state index contributed by atoms with van der Waals surface area (Å²) >= 11 is 0. The van der Waals surface area contributed by atoms with E-state index >= 15 is 0 Å². The van der Waals surface area contributed by atoms with Gasteiger partial charge in [0.05, 0.1) is 6.26 Å². The first-order valence-electron chi connectivity index (χ1n) is 10.6. The van der Waals surface area contributed by atoms with Crippen LogP contribution in [0.15, 0.2) is 21.7 Å². The number of aryl methyl sites for hydroxylation is 1. The van der Waals surface area contributed by atoms with Gasteiger partial charge in [0, 0.05) is 50.2 Å². The van der Waals surface area contributed by atoms with Crippen LogP contribution < -0.4 is 16.0 Å². The smallest absolute Gasteiger partial charge is 0.287 e. The first-order valence-corrected chi connectivity index (χ1v) is 10.6. The largest absolute Gasteiger partial charge is 0.459 e. The van der Waals surface area contributed by atoms with Gasteiger partial charge in [0.15, 0.2) is 11.7 Å². The number of furan rings is 1. The average molecular weight is 406 g/mol. The number of carbonyl (C=O) groups is 2. The molecule has 0 saturated carbocycles. The predicted octanol–water partition coefficient (Wildman–Crippen LogP) is 1.91. The van der Waals surface area contributed by atoms with Gasteiger partial charge in [-0.25, -0.2) is 0 Å². The Labute approximate surface area is 173 Å². The number of piperidine rings is 1. The molecule has 0 unspecified atom stereocenters. The van der Waals surface area contributed by atoms with Crippen molar-refractivity contribution >= 4 is 17.8 Å². The zero-order valence-corrected chi connectivity index (χ0v) is 18.1. The van der Waals surface area contributed by atoms with Crippen LogP contribution in [0.4, 0.5) is 0 Å². The van der Waals surface area contributed by atoms with Gasteiger partial charge in [-0.2, -0.15) is 0 Å². The Balaban J connectivity index is 1.72. The van der Waals surface area contributed by atoms with Gasteiger partial charge in [-0.05, 0) is 39.2 Å².